The van der Waals surface area contributed by atoms with Crippen LogP contribution in [0.25, 0.3) is 0 Å². The Hall–Kier alpha value is 0.170. The number of rotatable bonds is 3. The van der Waals surface area contributed by atoms with E-state index in [9.17, 15) is 4.21 Å². The molecule has 1 rings (SSSR count). The monoisotopic (exact) mass is 208 g/mol. The summed E-state index contributed by atoms with van der Waals surface area (Å²) in [5, 5.41) is 0.0326. The largest absolute Gasteiger partial charge is 1.00 e. The van der Waals surface area contributed by atoms with Crippen LogP contribution >= 0.6 is 0 Å². The first-order valence-electron chi connectivity index (χ1n) is 3.84. The summed E-state index contributed by atoms with van der Waals surface area (Å²) in [7, 11) is 0. The molecule has 0 aromatic heterocycles. The third-order valence-corrected chi connectivity index (χ3v) is 2.43. The van der Waals surface area contributed by atoms with E-state index in [0.29, 0.717) is 5.75 Å². The first-order chi connectivity index (χ1) is 5.70. The Morgan fingerprint density at radius 1 is 1.31 bits per heavy atom. The minimum absolute atomic E-state index is 0. The van der Waals surface area contributed by atoms with Crippen molar-refractivity contribution in [3.63, 3.8) is 0 Å². The minimum Gasteiger partial charge on any atom is -1.00 e. The molecule has 0 spiro atoms. The maximum atomic E-state index is 11.2. The summed E-state index contributed by atoms with van der Waals surface area (Å²) in [5.74, 6) is 0.657. The molecule has 1 unspecified atom stereocenters. The first kappa shape index (κ1) is 13.2. The van der Waals surface area contributed by atoms with Gasteiger partial charge in [0.25, 0.3) is 0 Å². The van der Waals surface area contributed by atoms with Gasteiger partial charge in [-0.3, -0.25) is 0 Å². The smallest absolute Gasteiger partial charge is 1.00 e. The molecule has 1 aromatic carbocycles. The molecule has 0 saturated carbocycles. The summed E-state index contributed by atoms with van der Waals surface area (Å²) >= 11 is -1.22. The summed E-state index contributed by atoms with van der Waals surface area (Å²) in [6, 6.07) is 9.19. The van der Waals surface area contributed by atoms with Crippen LogP contribution in [0.5, 0.6) is 5.75 Å². The maximum Gasteiger partial charge on any atom is 1.00 e. The van der Waals surface area contributed by atoms with Crippen LogP contribution in [0, 0.1) is 0 Å². The van der Waals surface area contributed by atoms with E-state index in [4.69, 9.17) is 4.18 Å². The van der Waals surface area contributed by atoms with E-state index in [1.165, 1.54) is 0 Å². The van der Waals surface area contributed by atoms with E-state index >= 15 is 0 Å². The van der Waals surface area contributed by atoms with Crippen molar-refractivity contribution in [2.75, 3.05) is 0 Å². The molecule has 0 bridgehead atoms. The number of hydrogen-bond acceptors (Lipinski definition) is 2. The fourth-order valence-corrected chi connectivity index (χ4v) is 1.16. The topological polar surface area (TPSA) is 26.3 Å². The summed E-state index contributed by atoms with van der Waals surface area (Å²) in [4.78, 5) is 0. The summed E-state index contributed by atoms with van der Waals surface area (Å²) in [6.07, 6.45) is 0. The molecule has 0 aliphatic heterocycles. The van der Waals surface area contributed by atoms with E-state index in [2.05, 4.69) is 0 Å². The van der Waals surface area contributed by atoms with Gasteiger partial charge in [-0.05, 0) is 26.0 Å². The molecular weight excluding hydrogens is 195 g/mol. The normalized spacial score (nSPS) is 11.9. The quantitative estimate of drug-likeness (QED) is 0.611. The van der Waals surface area contributed by atoms with Gasteiger partial charge < -0.3 is 5.61 Å². The Labute approximate surface area is 105 Å². The van der Waals surface area contributed by atoms with Gasteiger partial charge in [0.1, 0.15) is 5.75 Å². The van der Waals surface area contributed by atoms with E-state index < -0.39 is 11.1 Å². The fraction of sp³-hybridized carbons (Fsp3) is 0.333. The molecule has 0 N–H and O–H groups in total. The van der Waals surface area contributed by atoms with Crippen molar-refractivity contribution in [1.29, 1.82) is 0 Å². The van der Waals surface area contributed by atoms with Crippen molar-refractivity contribution in [3.05, 3.63) is 30.3 Å². The van der Waals surface area contributed by atoms with Crippen LogP contribution in [0.3, 0.4) is 0 Å². The average molecular weight is 208 g/mol. The van der Waals surface area contributed by atoms with Gasteiger partial charge in [0.05, 0.1) is 5.25 Å². The van der Waals surface area contributed by atoms with Crippen molar-refractivity contribution in [3.8, 4) is 5.75 Å². The maximum absolute atomic E-state index is 11.2. The minimum atomic E-state index is -1.22. The van der Waals surface area contributed by atoms with Gasteiger partial charge in [-0.25, -0.2) is 4.21 Å². The zero-order valence-corrected chi connectivity index (χ0v) is 11.0. The SMILES string of the molecule is CC(C)S(=O)Oc1ccccc1.[H-].[Na+]. The second-order valence-electron chi connectivity index (χ2n) is 2.71. The molecule has 1 atom stereocenters. The Bertz CT molecular complexity index is 267. The van der Waals surface area contributed by atoms with E-state index in [1.807, 2.05) is 32.0 Å². The van der Waals surface area contributed by atoms with Gasteiger partial charge in [-0.15, -0.1) is 0 Å². The van der Waals surface area contributed by atoms with Gasteiger partial charge in [0, 0.05) is 0 Å². The predicted octanol–water partition coefficient (Wildman–Crippen LogP) is -0.746. The van der Waals surface area contributed by atoms with Crippen molar-refractivity contribution in [2.45, 2.75) is 19.1 Å². The van der Waals surface area contributed by atoms with Crippen LogP contribution in [0.4, 0.5) is 0 Å². The van der Waals surface area contributed by atoms with Crippen molar-refractivity contribution in [2.24, 2.45) is 0 Å². The van der Waals surface area contributed by atoms with Gasteiger partial charge in [0.2, 0.25) is 11.1 Å². The molecule has 13 heavy (non-hydrogen) atoms. The molecule has 0 heterocycles. The molecule has 0 radical (unpaired) electrons. The second kappa shape index (κ2) is 6.60. The van der Waals surface area contributed by atoms with Crippen LogP contribution in [0.2, 0.25) is 0 Å². The predicted molar refractivity (Wildman–Crippen MR) is 51.5 cm³/mol. The van der Waals surface area contributed by atoms with Crippen LogP contribution in [0.15, 0.2) is 30.3 Å². The van der Waals surface area contributed by atoms with Crippen LogP contribution in [-0.2, 0) is 11.1 Å². The van der Waals surface area contributed by atoms with Crippen molar-refractivity contribution in [1.82, 2.24) is 0 Å². The van der Waals surface area contributed by atoms with Gasteiger partial charge in [-0.2, -0.15) is 0 Å². The fourth-order valence-electron chi connectivity index (χ4n) is 0.667. The molecule has 0 fully saturated rings. The Morgan fingerprint density at radius 2 is 1.85 bits per heavy atom. The summed E-state index contributed by atoms with van der Waals surface area (Å²) in [6.45, 7) is 3.72. The van der Waals surface area contributed by atoms with E-state index in [-0.39, 0.29) is 36.2 Å². The Kier molecular flexibility index (Phi) is 6.68. The Balaban J connectivity index is 0. The van der Waals surface area contributed by atoms with Gasteiger partial charge >= 0.3 is 29.6 Å². The molecule has 0 saturated heterocycles. The summed E-state index contributed by atoms with van der Waals surface area (Å²) < 4.78 is 16.3. The van der Waals surface area contributed by atoms with E-state index in [1.54, 1.807) is 12.1 Å². The van der Waals surface area contributed by atoms with Crippen molar-refractivity contribution >= 4 is 11.1 Å². The molecule has 0 amide bonds. The number of hydrogen-bond donors (Lipinski definition) is 0. The van der Waals surface area contributed by atoms with Gasteiger partial charge in [0.15, 0.2) is 0 Å². The number of benzene rings is 1. The standard InChI is InChI=1S/C9H12O2S.Na.H/c1-8(2)12(10)11-9-6-4-3-5-7-9;;/h3-8H,1-2H3;;/q;+1;-1. The number of para-hydroxylation sites is 1. The Morgan fingerprint density at radius 3 is 2.31 bits per heavy atom. The van der Waals surface area contributed by atoms with Crippen LogP contribution in [0.1, 0.15) is 15.3 Å². The zero-order valence-electron chi connectivity index (χ0n) is 9.19. The molecule has 0 aliphatic carbocycles. The van der Waals surface area contributed by atoms with Crippen molar-refractivity contribution < 1.29 is 39.4 Å². The average Bonchev–Trinajstić information content (AvgIpc) is 2.06. The summed E-state index contributed by atoms with van der Waals surface area (Å²) in [5.41, 5.74) is 0. The first-order valence-corrected chi connectivity index (χ1v) is 4.98. The second-order valence-corrected chi connectivity index (χ2v) is 4.34. The zero-order chi connectivity index (χ0) is 8.97. The molecule has 4 heteroatoms. The van der Waals surface area contributed by atoms with Crippen LogP contribution in [-0.4, -0.2) is 9.46 Å². The third kappa shape index (κ3) is 4.81. The molecule has 1 aromatic rings. The molecule has 68 valence electrons. The van der Waals surface area contributed by atoms with E-state index in [0.717, 1.165) is 0 Å². The van der Waals surface area contributed by atoms with Gasteiger partial charge in [-0.1, -0.05) is 18.2 Å². The molecule has 2 nitrogen and oxygen atoms in total. The molecule has 0 aliphatic rings. The molecular formula is C9H13NaO2S. The van der Waals surface area contributed by atoms with Crippen LogP contribution < -0.4 is 33.7 Å². The third-order valence-electron chi connectivity index (χ3n) is 1.31.